The van der Waals surface area contributed by atoms with Crippen LogP contribution in [0.2, 0.25) is 0 Å². The first kappa shape index (κ1) is 17.1. The molecule has 0 radical (unpaired) electrons. The van der Waals surface area contributed by atoms with Gasteiger partial charge in [0.15, 0.2) is 5.13 Å². The minimum atomic E-state index is 0.487. The van der Waals surface area contributed by atoms with Crippen molar-refractivity contribution in [2.45, 2.75) is 32.9 Å². The third kappa shape index (κ3) is 4.87. The second-order valence-electron chi connectivity index (χ2n) is 6.43. The fourth-order valence-electron chi connectivity index (χ4n) is 3.03. The third-order valence-electron chi connectivity index (χ3n) is 4.04. The molecule has 0 aliphatic carbocycles. The van der Waals surface area contributed by atoms with E-state index in [9.17, 15) is 0 Å². The van der Waals surface area contributed by atoms with Crippen LogP contribution < -0.4 is 10.6 Å². The van der Waals surface area contributed by atoms with Gasteiger partial charge < -0.3 is 10.6 Å². The van der Waals surface area contributed by atoms with Crippen LogP contribution in [-0.4, -0.2) is 40.5 Å². The fraction of sp³-hybridized carbons (Fsp3) is 0.444. The Morgan fingerprint density at radius 1 is 1.50 bits per heavy atom. The molecule has 1 aliphatic heterocycles. The van der Waals surface area contributed by atoms with E-state index in [0.717, 1.165) is 49.1 Å². The smallest absolute Gasteiger partial charge is 0.187 e. The van der Waals surface area contributed by atoms with E-state index in [1.807, 2.05) is 26.2 Å². The van der Waals surface area contributed by atoms with Gasteiger partial charge >= 0.3 is 0 Å². The summed E-state index contributed by atoms with van der Waals surface area (Å²) in [6, 6.07) is 4.78. The van der Waals surface area contributed by atoms with Gasteiger partial charge in [0.2, 0.25) is 0 Å². The Morgan fingerprint density at radius 3 is 3.17 bits per heavy atom. The Bertz CT molecular complexity index is 696. The minimum absolute atomic E-state index is 0.487. The predicted molar refractivity (Wildman–Crippen MR) is 100 cm³/mol. The Hall–Kier alpha value is -1.76. The quantitative estimate of drug-likeness (QED) is 0.845. The maximum absolute atomic E-state index is 4.42. The van der Waals surface area contributed by atoms with E-state index in [2.05, 4.69) is 44.2 Å². The molecule has 1 saturated heterocycles. The Kier molecular flexibility index (Phi) is 5.60. The zero-order valence-corrected chi connectivity index (χ0v) is 15.2. The lowest BCUT2D eigenvalue weighted by atomic mass is 10.0. The van der Waals surface area contributed by atoms with Crippen molar-refractivity contribution >= 4 is 16.5 Å². The molecule has 6 heteroatoms. The van der Waals surface area contributed by atoms with E-state index >= 15 is 0 Å². The van der Waals surface area contributed by atoms with Gasteiger partial charge in [0.05, 0.1) is 0 Å². The number of hydrogen-bond donors (Lipinski definition) is 2. The maximum Gasteiger partial charge on any atom is 0.187 e. The number of nitrogens with one attached hydrogen (secondary N) is 2. The second kappa shape index (κ2) is 7.88. The number of piperazine rings is 1. The van der Waals surface area contributed by atoms with Crippen LogP contribution in [0.1, 0.15) is 23.1 Å². The normalized spacial score (nSPS) is 18.5. The van der Waals surface area contributed by atoms with Crippen LogP contribution in [0.25, 0.3) is 0 Å². The standard InChI is InChI=1S/C18H25N5S/c1-13(2)22-18-21-10-17(24-18)12-23-7-6-20-16(11-23)9-15-4-5-19-14(3)8-15/h4-5,8,10,16,20H,1,6-7,9,11-12H2,2-3H3,(H,21,22). The lowest BCUT2D eigenvalue weighted by Gasteiger charge is -2.33. The van der Waals surface area contributed by atoms with Gasteiger partial charge in [0.25, 0.3) is 0 Å². The van der Waals surface area contributed by atoms with Crippen LogP contribution in [0.15, 0.2) is 36.8 Å². The molecule has 5 nitrogen and oxygen atoms in total. The fourth-order valence-corrected chi connectivity index (χ4v) is 3.96. The number of hydrogen-bond acceptors (Lipinski definition) is 6. The molecule has 1 aliphatic rings. The van der Waals surface area contributed by atoms with E-state index in [1.165, 1.54) is 10.4 Å². The number of aromatic nitrogens is 2. The summed E-state index contributed by atoms with van der Waals surface area (Å²) in [5.74, 6) is 0. The van der Waals surface area contributed by atoms with E-state index < -0.39 is 0 Å². The lowest BCUT2D eigenvalue weighted by molar-refractivity contribution is 0.193. The third-order valence-corrected chi connectivity index (χ3v) is 4.93. The van der Waals surface area contributed by atoms with E-state index in [4.69, 9.17) is 0 Å². The maximum atomic E-state index is 4.42. The highest BCUT2D eigenvalue weighted by atomic mass is 32.1. The Labute approximate surface area is 147 Å². The molecule has 3 heterocycles. The largest absolute Gasteiger partial charge is 0.336 e. The van der Waals surface area contributed by atoms with Crippen molar-refractivity contribution in [1.29, 1.82) is 0 Å². The molecule has 0 amide bonds. The molecule has 0 aromatic carbocycles. The van der Waals surface area contributed by atoms with Crippen LogP contribution in [-0.2, 0) is 13.0 Å². The molecule has 1 atom stereocenters. The van der Waals surface area contributed by atoms with E-state index in [0.29, 0.717) is 6.04 Å². The first-order chi connectivity index (χ1) is 11.6. The van der Waals surface area contributed by atoms with Crippen LogP contribution >= 0.6 is 11.3 Å². The van der Waals surface area contributed by atoms with Gasteiger partial charge in [-0.25, -0.2) is 4.98 Å². The van der Waals surface area contributed by atoms with Crippen LogP contribution in [0, 0.1) is 6.92 Å². The monoisotopic (exact) mass is 343 g/mol. The number of nitrogens with zero attached hydrogens (tertiary/aromatic N) is 3. The van der Waals surface area contributed by atoms with Gasteiger partial charge in [-0.15, -0.1) is 11.3 Å². The molecule has 1 unspecified atom stereocenters. The number of pyridine rings is 1. The first-order valence-corrected chi connectivity index (χ1v) is 9.14. The molecule has 0 bridgehead atoms. The van der Waals surface area contributed by atoms with E-state index in [-0.39, 0.29) is 0 Å². The van der Waals surface area contributed by atoms with Gasteiger partial charge in [-0.3, -0.25) is 9.88 Å². The van der Waals surface area contributed by atoms with E-state index in [1.54, 1.807) is 11.3 Å². The zero-order valence-electron chi connectivity index (χ0n) is 14.4. The van der Waals surface area contributed by atoms with Crippen LogP contribution in [0.4, 0.5) is 5.13 Å². The molecule has 0 spiro atoms. The molecule has 1 fully saturated rings. The number of rotatable bonds is 6. The molecular weight excluding hydrogens is 318 g/mol. The summed E-state index contributed by atoms with van der Waals surface area (Å²) in [6.45, 7) is 12.0. The average molecular weight is 344 g/mol. The van der Waals surface area contributed by atoms with Crippen LogP contribution in [0.5, 0.6) is 0 Å². The van der Waals surface area contributed by atoms with Crippen molar-refractivity contribution in [1.82, 2.24) is 20.2 Å². The molecule has 2 aromatic rings. The first-order valence-electron chi connectivity index (χ1n) is 8.33. The molecule has 2 N–H and O–H groups in total. The molecule has 3 rings (SSSR count). The van der Waals surface area contributed by atoms with Gasteiger partial charge in [0, 0.05) is 60.9 Å². The van der Waals surface area contributed by atoms with Gasteiger partial charge in [0.1, 0.15) is 0 Å². The SMILES string of the molecule is C=C(C)Nc1ncc(CN2CCNC(Cc3ccnc(C)c3)C2)s1. The summed E-state index contributed by atoms with van der Waals surface area (Å²) in [5.41, 5.74) is 3.36. The van der Waals surface area contributed by atoms with Crippen molar-refractivity contribution in [3.8, 4) is 0 Å². The summed E-state index contributed by atoms with van der Waals surface area (Å²) in [5, 5.41) is 7.75. The van der Waals surface area contributed by atoms with Gasteiger partial charge in [-0.05, 0) is 38.0 Å². The topological polar surface area (TPSA) is 53.1 Å². The van der Waals surface area contributed by atoms with Crippen molar-refractivity contribution in [3.05, 3.63) is 52.9 Å². The molecule has 24 heavy (non-hydrogen) atoms. The van der Waals surface area contributed by atoms with Crippen molar-refractivity contribution in [2.75, 3.05) is 25.0 Å². The predicted octanol–water partition coefficient (Wildman–Crippen LogP) is 2.81. The summed E-state index contributed by atoms with van der Waals surface area (Å²) < 4.78 is 0. The molecule has 2 aromatic heterocycles. The molecular formula is C18H25N5S. The number of thiazole rings is 1. The van der Waals surface area contributed by atoms with Crippen molar-refractivity contribution < 1.29 is 0 Å². The minimum Gasteiger partial charge on any atom is -0.336 e. The summed E-state index contributed by atoms with van der Waals surface area (Å²) in [6.07, 6.45) is 4.92. The second-order valence-corrected chi connectivity index (χ2v) is 7.55. The average Bonchev–Trinajstić information content (AvgIpc) is 2.94. The zero-order chi connectivity index (χ0) is 16.9. The van der Waals surface area contributed by atoms with Crippen molar-refractivity contribution in [3.63, 3.8) is 0 Å². The summed E-state index contributed by atoms with van der Waals surface area (Å²) in [7, 11) is 0. The van der Waals surface area contributed by atoms with Crippen molar-refractivity contribution in [2.24, 2.45) is 0 Å². The highest BCUT2D eigenvalue weighted by Crippen LogP contribution is 2.21. The molecule has 0 saturated carbocycles. The molecule has 128 valence electrons. The highest BCUT2D eigenvalue weighted by Gasteiger charge is 2.20. The van der Waals surface area contributed by atoms with Gasteiger partial charge in [-0.1, -0.05) is 6.58 Å². The lowest BCUT2D eigenvalue weighted by Crippen LogP contribution is -2.51. The number of aryl methyl sites for hydroxylation is 1. The highest BCUT2D eigenvalue weighted by molar-refractivity contribution is 7.15. The summed E-state index contributed by atoms with van der Waals surface area (Å²) >= 11 is 1.71. The van der Waals surface area contributed by atoms with Gasteiger partial charge in [-0.2, -0.15) is 0 Å². The Morgan fingerprint density at radius 2 is 2.38 bits per heavy atom. The number of anilines is 1. The Balaban J connectivity index is 1.55. The number of allylic oxidation sites excluding steroid dienone is 1. The van der Waals surface area contributed by atoms with Crippen LogP contribution in [0.3, 0.4) is 0 Å². The summed E-state index contributed by atoms with van der Waals surface area (Å²) in [4.78, 5) is 12.5.